The van der Waals surface area contributed by atoms with E-state index in [1.165, 1.54) is 19.3 Å². The Balaban J connectivity index is 3.43. The molecule has 70 valence electrons. The van der Waals surface area contributed by atoms with Crippen LogP contribution in [0.2, 0.25) is 0 Å². The fourth-order valence-corrected chi connectivity index (χ4v) is 0.782. The maximum absolute atomic E-state index is 8.32. The summed E-state index contributed by atoms with van der Waals surface area (Å²) in [5.74, 6) is 11.1. The van der Waals surface area contributed by atoms with Gasteiger partial charge in [0.1, 0.15) is 6.61 Å². The molecule has 1 N–H and O–H groups in total. The lowest BCUT2D eigenvalue weighted by atomic mass is 10.2. The summed E-state index contributed by atoms with van der Waals surface area (Å²) in [4.78, 5) is 0. The third-order valence-electron chi connectivity index (χ3n) is 1.44. The van der Waals surface area contributed by atoms with Crippen molar-refractivity contribution in [1.82, 2.24) is 0 Å². The number of unbranched alkanes of at least 4 members (excludes halogenated alkanes) is 3. The van der Waals surface area contributed by atoms with Crippen LogP contribution in [0.25, 0.3) is 0 Å². The van der Waals surface area contributed by atoms with Crippen molar-refractivity contribution in [1.29, 1.82) is 0 Å². The maximum atomic E-state index is 8.32. The van der Waals surface area contributed by atoms with Crippen LogP contribution in [-0.4, -0.2) is 11.7 Å². The third-order valence-corrected chi connectivity index (χ3v) is 1.44. The van der Waals surface area contributed by atoms with Crippen LogP contribution < -0.4 is 0 Å². The molecule has 0 aliphatic carbocycles. The summed E-state index contributed by atoms with van der Waals surface area (Å²) in [6.45, 7) is 2.09. The van der Waals surface area contributed by atoms with Gasteiger partial charge in [0.2, 0.25) is 0 Å². The fourth-order valence-electron chi connectivity index (χ4n) is 0.782. The highest BCUT2D eigenvalue weighted by atomic mass is 16.2. The molecule has 0 rings (SSSR count). The average Bonchev–Trinajstić information content (AvgIpc) is 2.16. The van der Waals surface area contributed by atoms with Crippen LogP contribution in [0.1, 0.15) is 32.6 Å². The van der Waals surface area contributed by atoms with E-state index >= 15 is 0 Å². The lowest BCUT2D eigenvalue weighted by Gasteiger charge is -1.86. The highest BCUT2D eigenvalue weighted by Gasteiger charge is 1.78. The summed E-state index contributed by atoms with van der Waals surface area (Å²) >= 11 is 0. The first kappa shape index (κ1) is 11.8. The largest absolute Gasteiger partial charge is 0.384 e. The lowest BCUT2D eigenvalue weighted by molar-refractivity contribution is 0.350. The summed E-state index contributed by atoms with van der Waals surface area (Å²) in [5.41, 5.74) is 0. The molecule has 0 saturated heterocycles. The Morgan fingerprint density at radius 1 is 1.08 bits per heavy atom. The Kier molecular flexibility index (Phi) is 9.84. The van der Waals surface area contributed by atoms with Gasteiger partial charge in [0.25, 0.3) is 0 Å². The van der Waals surface area contributed by atoms with Gasteiger partial charge in [-0.1, -0.05) is 43.4 Å². The predicted octanol–water partition coefficient (Wildman–Crippen LogP) is 2.12. The molecule has 0 unspecified atom stereocenters. The summed E-state index contributed by atoms with van der Waals surface area (Å²) in [7, 11) is 0. The molecule has 0 aromatic rings. The zero-order valence-electron chi connectivity index (χ0n) is 8.14. The number of rotatable bonds is 3. The van der Waals surface area contributed by atoms with Crippen molar-refractivity contribution in [3.05, 3.63) is 12.2 Å². The van der Waals surface area contributed by atoms with Crippen molar-refractivity contribution < 1.29 is 5.11 Å². The SMILES string of the molecule is CCCCCC#C/C=C\C#CCO. The standard InChI is InChI=1S/C12H16O/c1-2-3-4-5-6-7-8-9-10-11-12-13/h8-9,13H,2-5,12H2,1H3/b9-8-. The molecule has 0 heterocycles. The highest BCUT2D eigenvalue weighted by molar-refractivity contribution is 5.24. The molecular weight excluding hydrogens is 160 g/mol. The van der Waals surface area contributed by atoms with E-state index in [1.54, 1.807) is 12.2 Å². The second kappa shape index (κ2) is 10.8. The quantitative estimate of drug-likeness (QED) is 0.516. The topological polar surface area (TPSA) is 20.2 Å². The summed E-state index contributed by atoms with van der Waals surface area (Å²) in [6.07, 6.45) is 8.01. The van der Waals surface area contributed by atoms with Gasteiger partial charge in [0, 0.05) is 6.42 Å². The molecular formula is C12H16O. The molecule has 0 aliphatic heterocycles. The lowest BCUT2D eigenvalue weighted by Crippen LogP contribution is -1.70. The zero-order chi connectivity index (χ0) is 9.78. The third kappa shape index (κ3) is 10.8. The van der Waals surface area contributed by atoms with Gasteiger partial charge in [-0.15, -0.1) is 0 Å². The van der Waals surface area contributed by atoms with Crippen LogP contribution in [0.4, 0.5) is 0 Å². The van der Waals surface area contributed by atoms with Gasteiger partial charge in [-0.3, -0.25) is 0 Å². The molecule has 0 bridgehead atoms. The zero-order valence-corrected chi connectivity index (χ0v) is 8.14. The van der Waals surface area contributed by atoms with Crippen molar-refractivity contribution in [2.45, 2.75) is 32.6 Å². The van der Waals surface area contributed by atoms with Crippen LogP contribution in [0.3, 0.4) is 0 Å². The molecule has 0 spiro atoms. The van der Waals surface area contributed by atoms with Gasteiger partial charge >= 0.3 is 0 Å². The molecule has 0 aromatic heterocycles. The average molecular weight is 176 g/mol. The minimum atomic E-state index is -0.0890. The van der Waals surface area contributed by atoms with E-state index in [0.29, 0.717) is 0 Å². The van der Waals surface area contributed by atoms with Crippen LogP contribution in [-0.2, 0) is 0 Å². The molecule has 0 atom stereocenters. The molecule has 1 nitrogen and oxygen atoms in total. The molecule has 0 aliphatic rings. The van der Waals surface area contributed by atoms with Gasteiger partial charge in [-0.25, -0.2) is 0 Å². The Labute approximate surface area is 80.9 Å². The fraction of sp³-hybridized carbons (Fsp3) is 0.500. The molecule has 0 amide bonds. The van der Waals surface area contributed by atoms with E-state index in [9.17, 15) is 0 Å². The summed E-state index contributed by atoms with van der Waals surface area (Å²) < 4.78 is 0. The Morgan fingerprint density at radius 3 is 2.38 bits per heavy atom. The molecule has 1 heteroatoms. The Bertz CT molecular complexity index is 242. The van der Waals surface area contributed by atoms with Crippen molar-refractivity contribution in [2.24, 2.45) is 0 Å². The Morgan fingerprint density at radius 2 is 1.77 bits per heavy atom. The summed E-state index contributed by atoms with van der Waals surface area (Å²) in [5, 5.41) is 8.32. The van der Waals surface area contributed by atoms with Gasteiger partial charge in [-0.2, -0.15) is 0 Å². The second-order valence-corrected chi connectivity index (χ2v) is 2.59. The molecule has 0 aromatic carbocycles. The van der Waals surface area contributed by atoms with E-state index in [-0.39, 0.29) is 6.61 Å². The monoisotopic (exact) mass is 176 g/mol. The van der Waals surface area contributed by atoms with E-state index in [0.717, 1.165) is 6.42 Å². The molecule has 0 radical (unpaired) electrons. The summed E-state index contributed by atoms with van der Waals surface area (Å²) in [6, 6.07) is 0. The number of hydrogen-bond acceptors (Lipinski definition) is 1. The van der Waals surface area contributed by atoms with Crippen LogP contribution in [0, 0.1) is 23.7 Å². The van der Waals surface area contributed by atoms with Crippen LogP contribution >= 0.6 is 0 Å². The number of aliphatic hydroxyl groups is 1. The minimum Gasteiger partial charge on any atom is -0.384 e. The molecule has 13 heavy (non-hydrogen) atoms. The van der Waals surface area contributed by atoms with Gasteiger partial charge in [0.15, 0.2) is 0 Å². The van der Waals surface area contributed by atoms with Gasteiger partial charge in [0.05, 0.1) is 0 Å². The van der Waals surface area contributed by atoms with Crippen molar-refractivity contribution >= 4 is 0 Å². The van der Waals surface area contributed by atoms with E-state index in [1.807, 2.05) is 0 Å². The second-order valence-electron chi connectivity index (χ2n) is 2.59. The highest BCUT2D eigenvalue weighted by Crippen LogP contribution is 1.96. The first-order valence-corrected chi connectivity index (χ1v) is 4.64. The van der Waals surface area contributed by atoms with Crippen molar-refractivity contribution in [2.75, 3.05) is 6.61 Å². The Hall–Kier alpha value is -1.18. The number of aliphatic hydroxyl groups excluding tert-OH is 1. The van der Waals surface area contributed by atoms with Crippen molar-refractivity contribution in [3.8, 4) is 23.7 Å². The van der Waals surface area contributed by atoms with Gasteiger partial charge in [-0.05, 0) is 18.6 Å². The van der Waals surface area contributed by atoms with Gasteiger partial charge < -0.3 is 5.11 Å². The first-order chi connectivity index (χ1) is 6.41. The number of hydrogen-bond donors (Lipinski definition) is 1. The van der Waals surface area contributed by atoms with Crippen LogP contribution in [0.5, 0.6) is 0 Å². The molecule has 0 fully saturated rings. The van der Waals surface area contributed by atoms with Crippen LogP contribution in [0.15, 0.2) is 12.2 Å². The van der Waals surface area contributed by atoms with Crippen molar-refractivity contribution in [3.63, 3.8) is 0 Å². The first-order valence-electron chi connectivity index (χ1n) is 4.64. The minimum absolute atomic E-state index is 0.0890. The predicted molar refractivity (Wildman–Crippen MR) is 55.9 cm³/mol. The maximum Gasteiger partial charge on any atom is 0.104 e. The van der Waals surface area contributed by atoms with E-state index < -0.39 is 0 Å². The van der Waals surface area contributed by atoms with E-state index in [4.69, 9.17) is 5.11 Å². The van der Waals surface area contributed by atoms with E-state index in [2.05, 4.69) is 30.6 Å². The molecule has 0 saturated carbocycles. The smallest absolute Gasteiger partial charge is 0.104 e. The normalized spacial score (nSPS) is 8.77. The number of allylic oxidation sites excluding steroid dienone is 2.